The molecule has 3 N–H and O–H groups in total. The summed E-state index contributed by atoms with van der Waals surface area (Å²) in [6, 6.07) is -0.683. The van der Waals surface area contributed by atoms with E-state index >= 15 is 0 Å². The summed E-state index contributed by atoms with van der Waals surface area (Å²) < 4.78 is 83.6. The maximum atomic E-state index is 13.6. The number of aliphatic imine (C=N–C) groups is 1. The fourth-order valence-corrected chi connectivity index (χ4v) is 5.69. The van der Waals surface area contributed by atoms with Crippen molar-refractivity contribution in [2.24, 2.45) is 16.8 Å². The smallest absolute Gasteiger partial charge is 0.353 e. The van der Waals surface area contributed by atoms with E-state index in [1.54, 1.807) is 0 Å². The Kier molecular flexibility index (Phi) is 7.23. The van der Waals surface area contributed by atoms with Crippen molar-refractivity contribution in [3.8, 4) is 0 Å². The number of rotatable bonds is 4. The van der Waals surface area contributed by atoms with Crippen LogP contribution in [0.4, 0.5) is 38.1 Å². The molecule has 5 rings (SSSR count). The van der Waals surface area contributed by atoms with Gasteiger partial charge in [0.1, 0.15) is 17.3 Å². The summed E-state index contributed by atoms with van der Waals surface area (Å²) in [6.45, 7) is 3.54. The van der Waals surface area contributed by atoms with Crippen LogP contribution >= 0.6 is 0 Å². The number of amidine groups is 1. The van der Waals surface area contributed by atoms with Gasteiger partial charge in [0.2, 0.25) is 5.95 Å². The lowest BCUT2D eigenvalue weighted by Crippen LogP contribution is -2.43. The molecule has 1 aromatic rings. The second kappa shape index (κ2) is 10.1. The normalized spacial score (nSPS) is 30.6. The zero-order valence-electron chi connectivity index (χ0n) is 20.9. The van der Waals surface area contributed by atoms with Gasteiger partial charge >= 0.3 is 12.4 Å². The van der Waals surface area contributed by atoms with Gasteiger partial charge in [0.25, 0.3) is 0 Å². The first-order valence-corrected chi connectivity index (χ1v) is 13.2. The van der Waals surface area contributed by atoms with Crippen LogP contribution < -0.4 is 16.0 Å². The lowest BCUT2D eigenvalue weighted by molar-refractivity contribution is -0.223. The second-order valence-corrected chi connectivity index (χ2v) is 11.0. The van der Waals surface area contributed by atoms with Crippen molar-refractivity contribution >= 4 is 23.7 Å². The third kappa shape index (κ3) is 6.26. The van der Waals surface area contributed by atoms with Gasteiger partial charge in [-0.1, -0.05) is 5.57 Å². The Morgan fingerprint density at radius 3 is 2.19 bits per heavy atom. The van der Waals surface area contributed by atoms with Gasteiger partial charge in [0.05, 0.1) is 17.9 Å². The molecule has 0 amide bonds. The van der Waals surface area contributed by atoms with E-state index in [1.165, 1.54) is 0 Å². The topological polar surface area (TPSA) is 66.3 Å². The van der Waals surface area contributed by atoms with Gasteiger partial charge in [-0.15, -0.1) is 0 Å². The number of alkyl halides is 6. The number of fused-ring (bicyclic) bond motifs is 1. The van der Waals surface area contributed by atoms with Crippen LogP contribution in [0, 0.1) is 11.8 Å². The van der Waals surface area contributed by atoms with Crippen molar-refractivity contribution in [3.63, 3.8) is 0 Å². The first kappa shape index (κ1) is 26.4. The van der Waals surface area contributed by atoms with Crippen LogP contribution in [0.2, 0.25) is 0 Å². The Hall–Kier alpha value is -2.24. The Balaban J connectivity index is 1.51. The molecule has 0 radical (unpaired) electrons. The summed E-state index contributed by atoms with van der Waals surface area (Å²) in [5.74, 6) is -2.12. The van der Waals surface area contributed by atoms with Crippen LogP contribution in [0.1, 0.15) is 76.4 Å². The number of aromatic nitrogens is 2. The van der Waals surface area contributed by atoms with Gasteiger partial charge < -0.3 is 16.0 Å². The van der Waals surface area contributed by atoms with Gasteiger partial charge in [0.15, 0.2) is 0 Å². The summed E-state index contributed by atoms with van der Waals surface area (Å²) in [5, 5.41) is 9.84. The van der Waals surface area contributed by atoms with E-state index in [0.29, 0.717) is 23.5 Å². The zero-order chi connectivity index (χ0) is 26.4. The molecule has 1 aromatic heterocycles. The summed E-state index contributed by atoms with van der Waals surface area (Å²) in [5.41, 5.74) is 1.73. The minimum Gasteiger partial charge on any atom is -0.353 e. The van der Waals surface area contributed by atoms with Crippen LogP contribution in [-0.2, 0) is 0 Å². The van der Waals surface area contributed by atoms with Crippen LogP contribution in [0.5, 0.6) is 0 Å². The highest BCUT2D eigenvalue weighted by Gasteiger charge is 2.52. The van der Waals surface area contributed by atoms with E-state index in [-0.39, 0.29) is 6.04 Å². The molecule has 2 unspecified atom stereocenters. The van der Waals surface area contributed by atoms with Gasteiger partial charge in [-0.05, 0) is 77.5 Å². The average Bonchev–Trinajstić information content (AvgIpc) is 3.58. The number of piperidine rings is 1. The Labute approximate surface area is 212 Å². The maximum absolute atomic E-state index is 13.6. The molecule has 0 bridgehead atoms. The summed E-state index contributed by atoms with van der Waals surface area (Å²) >= 11 is 0. The lowest BCUT2D eigenvalue weighted by Gasteiger charge is -2.37. The maximum Gasteiger partial charge on any atom is 0.391 e. The van der Waals surface area contributed by atoms with Crippen molar-refractivity contribution in [2.45, 2.75) is 95.2 Å². The first-order chi connectivity index (χ1) is 17.5. The number of nitrogens with zero attached hydrogens (tertiary/aromatic N) is 3. The second-order valence-electron chi connectivity index (χ2n) is 11.0. The highest BCUT2D eigenvalue weighted by atomic mass is 19.4. The number of hydrogen-bond donors (Lipinski definition) is 3. The fraction of sp³-hybridized carbons (Fsp3) is 0.760. The van der Waals surface area contributed by atoms with E-state index in [0.717, 1.165) is 63.0 Å². The van der Waals surface area contributed by atoms with Crippen molar-refractivity contribution in [2.75, 3.05) is 23.7 Å². The number of allylic oxidation sites excluding steroid dienone is 1. The Morgan fingerprint density at radius 2 is 1.59 bits per heavy atom. The Bertz CT molecular complexity index is 1010. The van der Waals surface area contributed by atoms with E-state index in [2.05, 4.69) is 16.0 Å². The van der Waals surface area contributed by atoms with E-state index in [1.807, 2.05) is 17.6 Å². The predicted octanol–water partition coefficient (Wildman–Crippen LogP) is 6.30. The number of anilines is 2. The van der Waals surface area contributed by atoms with Crippen LogP contribution in [0.3, 0.4) is 0 Å². The Morgan fingerprint density at radius 1 is 0.946 bits per heavy atom. The lowest BCUT2D eigenvalue weighted by atomic mass is 9.78. The fourth-order valence-electron chi connectivity index (χ4n) is 5.69. The van der Waals surface area contributed by atoms with Gasteiger partial charge in [-0.25, -0.2) is 4.98 Å². The SMILES string of the molecule is C/C1=C\c2nc(NC3CC(C(F)(F)F)CC(C(F)(F)F)C3)n(C3CCNCC3)c2NC(=NC2CC2)CC1. The molecular formula is C25H34F6N6. The van der Waals surface area contributed by atoms with E-state index in [4.69, 9.17) is 9.98 Å². The number of halogens is 6. The first-order valence-electron chi connectivity index (χ1n) is 13.2. The van der Waals surface area contributed by atoms with Crippen molar-refractivity contribution in [1.29, 1.82) is 0 Å². The van der Waals surface area contributed by atoms with Crippen LogP contribution in [0.15, 0.2) is 10.6 Å². The molecule has 206 valence electrons. The van der Waals surface area contributed by atoms with Crippen molar-refractivity contribution < 1.29 is 26.3 Å². The standard InChI is InChI=1S/C25H34F6N6/c1-14-2-5-21(33-17-3-4-17)36-22-20(10-14)35-23(37(22)19-6-8-32-9-7-19)34-18-12-15(24(26,27)28)11-16(13-18)25(29,30)31/h10,15-19,32H,2-9,11-13H2,1H3,(H,33,36)(H,34,35)/b14-10+. The van der Waals surface area contributed by atoms with Crippen molar-refractivity contribution in [3.05, 3.63) is 11.3 Å². The molecule has 6 nitrogen and oxygen atoms in total. The molecule has 2 aliphatic heterocycles. The number of nitrogens with one attached hydrogen (secondary N) is 3. The highest BCUT2D eigenvalue weighted by Crippen LogP contribution is 2.46. The molecule has 2 saturated carbocycles. The van der Waals surface area contributed by atoms with Crippen molar-refractivity contribution in [1.82, 2.24) is 14.9 Å². The molecule has 12 heteroatoms. The number of imidazole rings is 1. The zero-order valence-corrected chi connectivity index (χ0v) is 20.9. The molecule has 37 heavy (non-hydrogen) atoms. The molecular weight excluding hydrogens is 498 g/mol. The molecule has 3 fully saturated rings. The van der Waals surface area contributed by atoms with Gasteiger partial charge in [-0.3, -0.25) is 9.56 Å². The monoisotopic (exact) mass is 532 g/mol. The average molecular weight is 533 g/mol. The van der Waals surface area contributed by atoms with E-state index < -0.39 is 49.5 Å². The third-order valence-electron chi connectivity index (χ3n) is 7.87. The van der Waals surface area contributed by atoms with Crippen LogP contribution in [0.25, 0.3) is 6.08 Å². The number of hydrogen-bond acceptors (Lipinski definition) is 4. The third-order valence-corrected chi connectivity index (χ3v) is 7.87. The highest BCUT2D eigenvalue weighted by molar-refractivity contribution is 5.97. The molecule has 1 saturated heterocycles. The molecule has 4 aliphatic rings. The predicted molar refractivity (Wildman–Crippen MR) is 131 cm³/mol. The quantitative estimate of drug-likeness (QED) is 0.399. The van der Waals surface area contributed by atoms with Gasteiger partial charge in [-0.2, -0.15) is 26.3 Å². The summed E-state index contributed by atoms with van der Waals surface area (Å²) in [6.07, 6.45) is -3.95. The summed E-state index contributed by atoms with van der Waals surface area (Å²) in [4.78, 5) is 9.57. The molecule has 0 spiro atoms. The molecule has 2 atom stereocenters. The largest absolute Gasteiger partial charge is 0.391 e. The minimum absolute atomic E-state index is 0.00299. The molecule has 0 aromatic carbocycles. The molecule has 3 heterocycles. The summed E-state index contributed by atoms with van der Waals surface area (Å²) in [7, 11) is 0. The van der Waals surface area contributed by atoms with E-state index in [9.17, 15) is 26.3 Å². The van der Waals surface area contributed by atoms with Gasteiger partial charge in [0, 0.05) is 18.5 Å². The minimum atomic E-state index is -4.68. The molecule has 2 aliphatic carbocycles. The van der Waals surface area contributed by atoms with Crippen LogP contribution in [-0.4, -0.2) is 52.9 Å².